The summed E-state index contributed by atoms with van der Waals surface area (Å²) in [7, 11) is 0. The molecule has 5 nitrogen and oxygen atoms in total. The van der Waals surface area contributed by atoms with Crippen molar-refractivity contribution in [2.75, 3.05) is 11.9 Å². The van der Waals surface area contributed by atoms with Gasteiger partial charge in [0.15, 0.2) is 6.61 Å². The fourth-order valence-corrected chi connectivity index (χ4v) is 2.59. The minimum atomic E-state index is -0.283. The molecule has 0 aliphatic carbocycles. The Morgan fingerprint density at radius 2 is 1.92 bits per heavy atom. The third-order valence-corrected chi connectivity index (χ3v) is 4.05. The molecule has 1 amide bonds. The Bertz CT molecular complexity index is 902. The number of benzene rings is 2. The number of ether oxygens (including phenoxy) is 1. The van der Waals surface area contributed by atoms with Crippen LogP contribution >= 0.6 is 11.6 Å². The van der Waals surface area contributed by atoms with Crippen LogP contribution in [0.3, 0.4) is 0 Å². The summed E-state index contributed by atoms with van der Waals surface area (Å²) in [5.74, 6) is 1.31. The van der Waals surface area contributed by atoms with E-state index >= 15 is 0 Å². The SMILES string of the molecule is Cc1ccc(OCC(=O)Nc2ccc(Cl)c(-c3ccc(CO)o3)c2)cc1. The van der Waals surface area contributed by atoms with E-state index in [-0.39, 0.29) is 19.1 Å². The van der Waals surface area contributed by atoms with Gasteiger partial charge in [0.1, 0.15) is 23.9 Å². The van der Waals surface area contributed by atoms with E-state index in [4.69, 9.17) is 25.9 Å². The van der Waals surface area contributed by atoms with Crippen molar-refractivity contribution in [1.82, 2.24) is 0 Å². The molecule has 0 atom stereocenters. The van der Waals surface area contributed by atoms with Gasteiger partial charge in [-0.05, 0) is 49.4 Å². The number of furan rings is 1. The van der Waals surface area contributed by atoms with Crippen LogP contribution in [0.2, 0.25) is 5.02 Å². The Morgan fingerprint density at radius 1 is 1.15 bits per heavy atom. The lowest BCUT2D eigenvalue weighted by Gasteiger charge is -2.09. The molecule has 1 heterocycles. The van der Waals surface area contributed by atoms with Crippen molar-refractivity contribution in [3.05, 3.63) is 70.9 Å². The number of halogens is 1. The van der Waals surface area contributed by atoms with Crippen molar-refractivity contribution in [1.29, 1.82) is 0 Å². The summed E-state index contributed by atoms with van der Waals surface area (Å²) in [5.41, 5.74) is 2.32. The summed E-state index contributed by atoms with van der Waals surface area (Å²) in [6, 6.07) is 16.0. The number of carbonyl (C=O) groups is 1. The first kappa shape index (κ1) is 18.0. The molecule has 3 rings (SSSR count). The Morgan fingerprint density at radius 3 is 2.62 bits per heavy atom. The number of hydrogen-bond acceptors (Lipinski definition) is 4. The van der Waals surface area contributed by atoms with Crippen LogP contribution in [-0.2, 0) is 11.4 Å². The van der Waals surface area contributed by atoms with Gasteiger partial charge in [-0.3, -0.25) is 4.79 Å². The Kier molecular flexibility index (Phi) is 5.61. The molecule has 0 aliphatic rings. The topological polar surface area (TPSA) is 71.7 Å². The quantitative estimate of drug-likeness (QED) is 0.672. The molecule has 0 bridgehead atoms. The summed E-state index contributed by atoms with van der Waals surface area (Å²) >= 11 is 6.21. The number of amides is 1. The molecule has 1 aromatic heterocycles. The van der Waals surface area contributed by atoms with Crippen molar-refractivity contribution in [3.8, 4) is 17.1 Å². The second-order valence-corrected chi connectivity index (χ2v) is 6.18. The second kappa shape index (κ2) is 8.08. The van der Waals surface area contributed by atoms with Gasteiger partial charge in [-0.1, -0.05) is 29.3 Å². The molecule has 134 valence electrons. The minimum absolute atomic E-state index is 0.101. The zero-order chi connectivity index (χ0) is 18.5. The lowest BCUT2D eigenvalue weighted by molar-refractivity contribution is -0.118. The summed E-state index contributed by atoms with van der Waals surface area (Å²) in [4.78, 5) is 12.1. The fourth-order valence-electron chi connectivity index (χ4n) is 2.38. The van der Waals surface area contributed by atoms with Crippen molar-refractivity contribution in [3.63, 3.8) is 0 Å². The van der Waals surface area contributed by atoms with Crippen LogP contribution in [0.1, 0.15) is 11.3 Å². The lowest BCUT2D eigenvalue weighted by Crippen LogP contribution is -2.20. The highest BCUT2D eigenvalue weighted by Gasteiger charge is 2.11. The molecule has 3 aromatic rings. The third kappa shape index (κ3) is 4.45. The Hall–Kier alpha value is -2.76. The van der Waals surface area contributed by atoms with Crippen LogP contribution < -0.4 is 10.1 Å². The molecule has 0 aliphatic heterocycles. The molecule has 0 fully saturated rings. The van der Waals surface area contributed by atoms with Gasteiger partial charge in [0.2, 0.25) is 0 Å². The lowest BCUT2D eigenvalue weighted by atomic mass is 10.1. The Labute approximate surface area is 156 Å². The monoisotopic (exact) mass is 371 g/mol. The van der Waals surface area contributed by atoms with E-state index in [1.807, 2.05) is 31.2 Å². The van der Waals surface area contributed by atoms with Gasteiger partial charge in [-0.2, -0.15) is 0 Å². The number of aliphatic hydroxyl groups excluding tert-OH is 1. The van der Waals surface area contributed by atoms with Crippen LogP contribution in [0.5, 0.6) is 5.75 Å². The average molecular weight is 372 g/mol. The maximum absolute atomic E-state index is 12.1. The highest BCUT2D eigenvalue weighted by molar-refractivity contribution is 6.33. The molecule has 26 heavy (non-hydrogen) atoms. The molecule has 0 unspecified atom stereocenters. The first-order valence-electron chi connectivity index (χ1n) is 8.04. The maximum Gasteiger partial charge on any atom is 0.262 e. The molecular formula is C20H18ClNO4. The molecule has 6 heteroatoms. The van der Waals surface area contributed by atoms with E-state index in [9.17, 15) is 4.79 Å². The van der Waals surface area contributed by atoms with Crippen LogP contribution in [-0.4, -0.2) is 17.6 Å². The molecule has 2 aromatic carbocycles. The van der Waals surface area contributed by atoms with Gasteiger partial charge in [0, 0.05) is 11.3 Å². The van der Waals surface area contributed by atoms with E-state index < -0.39 is 0 Å². The Balaban J connectivity index is 1.66. The highest BCUT2D eigenvalue weighted by Crippen LogP contribution is 2.32. The normalized spacial score (nSPS) is 10.6. The van der Waals surface area contributed by atoms with Gasteiger partial charge in [0.05, 0.1) is 5.02 Å². The summed E-state index contributed by atoms with van der Waals surface area (Å²) in [6.07, 6.45) is 0. The van der Waals surface area contributed by atoms with Crippen LogP contribution in [0.15, 0.2) is 59.0 Å². The van der Waals surface area contributed by atoms with Crippen LogP contribution in [0.4, 0.5) is 5.69 Å². The van der Waals surface area contributed by atoms with Gasteiger partial charge in [-0.25, -0.2) is 0 Å². The minimum Gasteiger partial charge on any atom is -0.484 e. The largest absolute Gasteiger partial charge is 0.484 e. The summed E-state index contributed by atoms with van der Waals surface area (Å²) < 4.78 is 11.0. The zero-order valence-corrected chi connectivity index (χ0v) is 14.9. The van der Waals surface area contributed by atoms with Crippen molar-refractivity contribution < 1.29 is 19.1 Å². The summed E-state index contributed by atoms with van der Waals surface area (Å²) in [6.45, 7) is 1.69. The van der Waals surface area contributed by atoms with E-state index in [2.05, 4.69) is 5.32 Å². The van der Waals surface area contributed by atoms with E-state index in [0.29, 0.717) is 33.5 Å². The fraction of sp³-hybridized carbons (Fsp3) is 0.150. The number of anilines is 1. The van der Waals surface area contributed by atoms with Crippen molar-refractivity contribution in [2.45, 2.75) is 13.5 Å². The number of aryl methyl sites for hydroxylation is 1. The number of nitrogens with one attached hydrogen (secondary N) is 1. The van der Waals surface area contributed by atoms with Crippen molar-refractivity contribution >= 4 is 23.2 Å². The van der Waals surface area contributed by atoms with Crippen LogP contribution in [0.25, 0.3) is 11.3 Å². The first-order valence-corrected chi connectivity index (χ1v) is 8.42. The number of hydrogen-bond donors (Lipinski definition) is 2. The second-order valence-electron chi connectivity index (χ2n) is 5.77. The predicted octanol–water partition coefficient (Wildman–Crippen LogP) is 4.42. The first-order chi connectivity index (χ1) is 12.5. The number of aliphatic hydroxyl groups is 1. The van der Waals surface area contributed by atoms with Crippen LogP contribution in [0, 0.1) is 6.92 Å². The van der Waals surface area contributed by atoms with Gasteiger partial charge < -0.3 is 19.6 Å². The molecule has 0 radical (unpaired) electrons. The molecule has 2 N–H and O–H groups in total. The third-order valence-electron chi connectivity index (χ3n) is 3.72. The maximum atomic E-state index is 12.1. The van der Waals surface area contributed by atoms with Gasteiger partial charge >= 0.3 is 0 Å². The molecule has 0 saturated heterocycles. The summed E-state index contributed by atoms with van der Waals surface area (Å²) in [5, 5.41) is 12.4. The molecule has 0 spiro atoms. The zero-order valence-electron chi connectivity index (χ0n) is 14.2. The predicted molar refractivity (Wildman–Crippen MR) is 100 cm³/mol. The average Bonchev–Trinajstić information content (AvgIpc) is 3.12. The highest BCUT2D eigenvalue weighted by atomic mass is 35.5. The van der Waals surface area contributed by atoms with E-state index in [1.165, 1.54) is 0 Å². The van der Waals surface area contributed by atoms with E-state index in [1.54, 1.807) is 30.3 Å². The smallest absolute Gasteiger partial charge is 0.262 e. The van der Waals surface area contributed by atoms with Crippen molar-refractivity contribution in [2.24, 2.45) is 0 Å². The van der Waals surface area contributed by atoms with Gasteiger partial charge in [0.25, 0.3) is 5.91 Å². The standard InChI is InChI=1S/C20H18ClNO4/c1-13-2-5-15(6-3-13)25-12-20(24)22-14-4-8-18(21)17(10-14)19-9-7-16(11-23)26-19/h2-10,23H,11-12H2,1H3,(H,22,24). The van der Waals surface area contributed by atoms with E-state index in [0.717, 1.165) is 5.56 Å². The van der Waals surface area contributed by atoms with Gasteiger partial charge in [-0.15, -0.1) is 0 Å². The molecule has 0 saturated carbocycles. The number of rotatable bonds is 6. The molecular weight excluding hydrogens is 354 g/mol. The number of carbonyl (C=O) groups excluding carboxylic acids is 1.